The van der Waals surface area contributed by atoms with Gasteiger partial charge in [-0.2, -0.15) is 0 Å². The third kappa shape index (κ3) is 4.27. The molecule has 1 aliphatic rings. The van der Waals surface area contributed by atoms with Crippen molar-refractivity contribution in [2.75, 3.05) is 25.0 Å². The monoisotopic (exact) mass is 290 g/mol. The zero-order chi connectivity index (χ0) is 15.4. The highest BCUT2D eigenvalue weighted by molar-refractivity contribution is 5.95. The number of carbonyl (C=O) groups excluding carboxylic acids is 2. The van der Waals surface area contributed by atoms with Crippen molar-refractivity contribution in [3.05, 3.63) is 29.8 Å². The first-order valence-corrected chi connectivity index (χ1v) is 7.13. The van der Waals surface area contributed by atoms with Gasteiger partial charge in [0.2, 0.25) is 11.8 Å². The molecule has 1 aromatic rings. The fourth-order valence-electron chi connectivity index (χ4n) is 2.43. The second kappa shape index (κ2) is 6.69. The first-order chi connectivity index (χ1) is 9.95. The molecule has 114 valence electrons. The minimum atomic E-state index is -0.482. The van der Waals surface area contributed by atoms with Gasteiger partial charge in [0, 0.05) is 23.8 Å². The molecule has 2 rings (SSSR count). The van der Waals surface area contributed by atoms with E-state index in [9.17, 15) is 9.59 Å². The van der Waals surface area contributed by atoms with Gasteiger partial charge >= 0.3 is 0 Å². The number of amides is 2. The third-order valence-corrected chi connectivity index (χ3v) is 3.92. The Morgan fingerprint density at radius 3 is 2.57 bits per heavy atom. The molecule has 5 N–H and O–H groups in total. The standard InChI is InChI=1S/C15H22N4O2/c1-10-6-7-19(8-13(10)16)9-14(20)18-12-4-2-11(3-5-12)15(17)21/h2-5,10,13H,6-9,16H2,1H3,(H2,17,21)(H,18,20). The zero-order valence-corrected chi connectivity index (χ0v) is 12.2. The Bertz CT molecular complexity index is 515. The molecule has 6 heteroatoms. The minimum absolute atomic E-state index is 0.0800. The number of piperidine rings is 1. The Morgan fingerprint density at radius 1 is 1.33 bits per heavy atom. The minimum Gasteiger partial charge on any atom is -0.366 e. The Kier molecular flexibility index (Phi) is 4.93. The molecule has 2 unspecified atom stereocenters. The van der Waals surface area contributed by atoms with Crippen molar-refractivity contribution in [3.63, 3.8) is 0 Å². The fourth-order valence-corrected chi connectivity index (χ4v) is 2.43. The number of carbonyl (C=O) groups is 2. The number of rotatable bonds is 4. The van der Waals surface area contributed by atoms with Gasteiger partial charge in [0.05, 0.1) is 6.54 Å². The van der Waals surface area contributed by atoms with Crippen molar-refractivity contribution in [2.45, 2.75) is 19.4 Å². The lowest BCUT2D eigenvalue weighted by Crippen LogP contribution is -2.49. The highest BCUT2D eigenvalue weighted by Crippen LogP contribution is 2.15. The molecule has 1 saturated heterocycles. The Balaban J connectivity index is 1.85. The van der Waals surface area contributed by atoms with E-state index in [-0.39, 0.29) is 11.9 Å². The summed E-state index contributed by atoms with van der Waals surface area (Å²) >= 11 is 0. The molecule has 1 aromatic carbocycles. The van der Waals surface area contributed by atoms with Crippen LogP contribution >= 0.6 is 0 Å². The maximum absolute atomic E-state index is 12.0. The number of hydrogen-bond acceptors (Lipinski definition) is 4. The first kappa shape index (κ1) is 15.5. The second-order valence-corrected chi connectivity index (χ2v) is 5.65. The molecular formula is C15H22N4O2. The highest BCUT2D eigenvalue weighted by atomic mass is 16.2. The number of benzene rings is 1. The quantitative estimate of drug-likeness (QED) is 0.746. The molecule has 0 aliphatic carbocycles. The topological polar surface area (TPSA) is 101 Å². The van der Waals surface area contributed by atoms with Crippen molar-refractivity contribution in [2.24, 2.45) is 17.4 Å². The van der Waals surface area contributed by atoms with Crippen LogP contribution in [0.3, 0.4) is 0 Å². The van der Waals surface area contributed by atoms with Gasteiger partial charge in [0.25, 0.3) is 0 Å². The molecule has 2 atom stereocenters. The van der Waals surface area contributed by atoms with Crippen molar-refractivity contribution in [1.29, 1.82) is 0 Å². The van der Waals surface area contributed by atoms with Gasteiger partial charge in [-0.1, -0.05) is 6.92 Å². The lowest BCUT2D eigenvalue weighted by molar-refractivity contribution is -0.117. The Hall–Kier alpha value is -1.92. The van der Waals surface area contributed by atoms with Gasteiger partial charge in [-0.05, 0) is 43.1 Å². The van der Waals surface area contributed by atoms with Crippen molar-refractivity contribution >= 4 is 17.5 Å². The van der Waals surface area contributed by atoms with Crippen LogP contribution in [0.1, 0.15) is 23.7 Å². The van der Waals surface area contributed by atoms with E-state index in [4.69, 9.17) is 11.5 Å². The summed E-state index contributed by atoms with van der Waals surface area (Å²) in [7, 11) is 0. The van der Waals surface area contributed by atoms with Crippen molar-refractivity contribution < 1.29 is 9.59 Å². The molecule has 1 heterocycles. The number of anilines is 1. The van der Waals surface area contributed by atoms with Crippen molar-refractivity contribution in [1.82, 2.24) is 4.90 Å². The first-order valence-electron chi connectivity index (χ1n) is 7.13. The predicted octanol–water partition coefficient (Wildman–Crippen LogP) is 0.393. The predicted molar refractivity (Wildman–Crippen MR) is 81.8 cm³/mol. The number of likely N-dealkylation sites (tertiary alicyclic amines) is 1. The van der Waals surface area contributed by atoms with E-state index < -0.39 is 5.91 Å². The van der Waals surface area contributed by atoms with Gasteiger partial charge in [-0.3, -0.25) is 14.5 Å². The van der Waals surface area contributed by atoms with E-state index in [1.807, 2.05) is 0 Å². The van der Waals surface area contributed by atoms with E-state index in [0.717, 1.165) is 19.5 Å². The van der Waals surface area contributed by atoms with E-state index in [1.165, 1.54) is 0 Å². The van der Waals surface area contributed by atoms with Crippen LogP contribution < -0.4 is 16.8 Å². The summed E-state index contributed by atoms with van der Waals surface area (Å²) in [6.07, 6.45) is 1.02. The van der Waals surface area contributed by atoms with Gasteiger partial charge in [-0.25, -0.2) is 0 Å². The summed E-state index contributed by atoms with van der Waals surface area (Å²) in [6.45, 7) is 4.11. The smallest absolute Gasteiger partial charge is 0.248 e. The van der Waals surface area contributed by atoms with Gasteiger partial charge in [0.1, 0.15) is 0 Å². The fraction of sp³-hybridized carbons (Fsp3) is 0.467. The van der Waals surface area contributed by atoms with Crippen LogP contribution in [-0.4, -0.2) is 42.4 Å². The maximum atomic E-state index is 12.0. The summed E-state index contributed by atoms with van der Waals surface area (Å²) in [5, 5.41) is 2.81. The lowest BCUT2D eigenvalue weighted by Gasteiger charge is -2.34. The normalized spacial score (nSPS) is 22.8. The van der Waals surface area contributed by atoms with Crippen LogP contribution in [-0.2, 0) is 4.79 Å². The number of primary amides is 1. The molecule has 2 amide bonds. The molecule has 0 aromatic heterocycles. The molecule has 0 radical (unpaired) electrons. The van der Waals surface area contributed by atoms with Gasteiger partial charge in [-0.15, -0.1) is 0 Å². The summed E-state index contributed by atoms with van der Waals surface area (Å²) in [5.74, 6) is -0.0569. The van der Waals surface area contributed by atoms with Crippen LogP contribution in [0, 0.1) is 5.92 Å². The van der Waals surface area contributed by atoms with E-state index in [1.54, 1.807) is 24.3 Å². The van der Waals surface area contributed by atoms with Crippen LogP contribution in [0.15, 0.2) is 24.3 Å². The average molecular weight is 290 g/mol. The molecule has 1 aliphatic heterocycles. The zero-order valence-electron chi connectivity index (χ0n) is 12.2. The van der Waals surface area contributed by atoms with Crippen molar-refractivity contribution in [3.8, 4) is 0 Å². The average Bonchev–Trinajstić information content (AvgIpc) is 2.43. The van der Waals surface area contributed by atoms with Crippen LogP contribution in [0.5, 0.6) is 0 Å². The van der Waals surface area contributed by atoms with Crippen LogP contribution in [0.4, 0.5) is 5.69 Å². The lowest BCUT2D eigenvalue weighted by atomic mass is 9.94. The maximum Gasteiger partial charge on any atom is 0.248 e. The molecule has 6 nitrogen and oxygen atoms in total. The molecule has 21 heavy (non-hydrogen) atoms. The molecule has 0 spiro atoms. The number of nitrogens with zero attached hydrogens (tertiary/aromatic N) is 1. The van der Waals surface area contributed by atoms with E-state index in [0.29, 0.717) is 23.7 Å². The Labute approximate surface area is 124 Å². The molecule has 1 fully saturated rings. The third-order valence-electron chi connectivity index (χ3n) is 3.92. The Morgan fingerprint density at radius 2 is 2.00 bits per heavy atom. The second-order valence-electron chi connectivity index (χ2n) is 5.65. The van der Waals surface area contributed by atoms with Gasteiger partial charge in [0.15, 0.2) is 0 Å². The number of nitrogens with one attached hydrogen (secondary N) is 1. The largest absolute Gasteiger partial charge is 0.366 e. The summed E-state index contributed by atoms with van der Waals surface area (Å²) in [6, 6.07) is 6.65. The van der Waals surface area contributed by atoms with Crippen LogP contribution in [0.2, 0.25) is 0 Å². The van der Waals surface area contributed by atoms with E-state index in [2.05, 4.69) is 17.1 Å². The number of nitrogens with two attached hydrogens (primary N) is 2. The van der Waals surface area contributed by atoms with E-state index >= 15 is 0 Å². The molecule has 0 saturated carbocycles. The summed E-state index contributed by atoms with van der Waals surface area (Å²) < 4.78 is 0. The summed E-state index contributed by atoms with van der Waals surface area (Å²) in [5.41, 5.74) is 12.3. The van der Waals surface area contributed by atoms with Crippen LogP contribution in [0.25, 0.3) is 0 Å². The molecular weight excluding hydrogens is 268 g/mol. The molecule has 0 bridgehead atoms. The highest BCUT2D eigenvalue weighted by Gasteiger charge is 2.24. The SMILES string of the molecule is CC1CCN(CC(=O)Nc2ccc(C(N)=O)cc2)CC1N. The number of hydrogen-bond donors (Lipinski definition) is 3. The van der Waals surface area contributed by atoms with Gasteiger partial charge < -0.3 is 16.8 Å². The summed E-state index contributed by atoms with van der Waals surface area (Å²) in [4.78, 5) is 25.0.